The van der Waals surface area contributed by atoms with Gasteiger partial charge in [-0.15, -0.1) is 0 Å². The normalized spacial score (nSPS) is 29.5. The molecule has 0 radical (unpaired) electrons. The molecule has 0 bridgehead atoms. The summed E-state index contributed by atoms with van der Waals surface area (Å²) in [4.78, 5) is 22.3. The molecule has 15 heavy (non-hydrogen) atoms. The zero-order valence-corrected chi connectivity index (χ0v) is 10.1. The van der Waals surface area contributed by atoms with Crippen molar-refractivity contribution in [1.29, 1.82) is 0 Å². The highest BCUT2D eigenvalue weighted by Gasteiger charge is 2.46. The van der Waals surface area contributed by atoms with Gasteiger partial charge in [-0.1, -0.05) is 13.8 Å². The zero-order valence-electron chi connectivity index (χ0n) is 9.29. The van der Waals surface area contributed by atoms with Crippen LogP contribution in [0, 0.1) is 5.41 Å². The number of thioether (sulfide) groups is 1. The minimum atomic E-state index is -1.09. The van der Waals surface area contributed by atoms with Gasteiger partial charge in [0, 0.05) is 12.7 Å². The molecule has 1 amide bonds. The van der Waals surface area contributed by atoms with Crippen molar-refractivity contribution in [3.05, 3.63) is 0 Å². The lowest BCUT2D eigenvalue weighted by Gasteiger charge is -2.41. The van der Waals surface area contributed by atoms with Crippen LogP contribution in [0.2, 0.25) is 0 Å². The highest BCUT2D eigenvalue weighted by atomic mass is 32.2. The number of carbonyl (C=O) groups excluding carboxylic acids is 1. The molecule has 1 heterocycles. The fourth-order valence-corrected chi connectivity index (χ4v) is 3.43. The van der Waals surface area contributed by atoms with E-state index in [1.807, 2.05) is 13.8 Å². The van der Waals surface area contributed by atoms with E-state index in [1.54, 1.807) is 11.8 Å². The van der Waals surface area contributed by atoms with E-state index in [1.165, 1.54) is 6.92 Å². The third kappa shape index (κ3) is 2.87. The number of nitrogens with one attached hydrogen (secondary N) is 1. The first-order chi connectivity index (χ1) is 6.77. The van der Waals surface area contributed by atoms with Gasteiger partial charge in [-0.25, -0.2) is 4.79 Å². The monoisotopic (exact) mass is 231 g/mol. The Balaban J connectivity index is 2.90. The summed E-state index contributed by atoms with van der Waals surface area (Å²) in [6, 6.07) is 0. The zero-order chi connectivity index (χ0) is 11.7. The van der Waals surface area contributed by atoms with E-state index in [2.05, 4.69) is 5.32 Å². The average Bonchev–Trinajstić information content (AvgIpc) is 1.99. The third-order valence-corrected chi connectivity index (χ3v) is 4.13. The number of rotatable bonds is 2. The molecule has 1 saturated heterocycles. The maximum absolute atomic E-state index is 11.3. The van der Waals surface area contributed by atoms with E-state index in [9.17, 15) is 14.7 Å². The minimum absolute atomic E-state index is 0.0518. The molecule has 1 unspecified atom stereocenters. The third-order valence-electron chi connectivity index (χ3n) is 2.45. The number of aliphatic carboxylic acids is 1. The molecular weight excluding hydrogens is 214 g/mol. The van der Waals surface area contributed by atoms with Crippen molar-refractivity contribution in [3.8, 4) is 0 Å². The minimum Gasteiger partial charge on any atom is -0.479 e. The average molecular weight is 231 g/mol. The molecule has 0 aliphatic carbocycles. The number of carbonyl (C=O) groups is 2. The van der Waals surface area contributed by atoms with E-state index in [0.717, 1.165) is 5.75 Å². The summed E-state index contributed by atoms with van der Waals surface area (Å²) in [5, 5.41) is 11.8. The van der Waals surface area contributed by atoms with Gasteiger partial charge in [-0.3, -0.25) is 4.79 Å². The summed E-state index contributed by atoms with van der Waals surface area (Å²) in [6.07, 6.45) is 0.488. The summed E-state index contributed by atoms with van der Waals surface area (Å²) in [6.45, 7) is 5.41. The quantitative estimate of drug-likeness (QED) is 0.747. The molecule has 0 aromatic rings. The van der Waals surface area contributed by atoms with Gasteiger partial charge in [-0.05, 0) is 17.6 Å². The highest BCUT2D eigenvalue weighted by molar-refractivity contribution is 7.99. The predicted molar refractivity (Wildman–Crippen MR) is 59.9 cm³/mol. The summed E-state index contributed by atoms with van der Waals surface area (Å²) in [7, 11) is 0. The van der Waals surface area contributed by atoms with Crippen LogP contribution in [0.4, 0.5) is 0 Å². The van der Waals surface area contributed by atoms with Crippen LogP contribution in [0.25, 0.3) is 0 Å². The lowest BCUT2D eigenvalue weighted by atomic mass is 9.79. The van der Waals surface area contributed by atoms with Crippen LogP contribution in [0.15, 0.2) is 0 Å². The van der Waals surface area contributed by atoms with Gasteiger partial charge in [0.25, 0.3) is 0 Å². The van der Waals surface area contributed by atoms with Crippen molar-refractivity contribution in [2.24, 2.45) is 5.41 Å². The molecule has 2 N–H and O–H groups in total. The lowest BCUT2D eigenvalue weighted by Crippen LogP contribution is -2.60. The summed E-state index contributed by atoms with van der Waals surface area (Å²) in [5.74, 6) is 0.168. The second kappa shape index (κ2) is 4.04. The van der Waals surface area contributed by atoms with Crippen LogP contribution in [-0.4, -0.2) is 34.0 Å². The molecule has 86 valence electrons. The van der Waals surface area contributed by atoms with Crippen LogP contribution < -0.4 is 5.32 Å². The fourth-order valence-electron chi connectivity index (χ4n) is 2.03. The maximum Gasteiger partial charge on any atom is 0.330 e. The van der Waals surface area contributed by atoms with Crippen molar-refractivity contribution in [2.75, 3.05) is 11.5 Å². The van der Waals surface area contributed by atoms with Crippen molar-refractivity contribution < 1.29 is 14.7 Å². The van der Waals surface area contributed by atoms with E-state index < -0.39 is 11.5 Å². The fraction of sp³-hybridized carbons (Fsp3) is 0.800. The predicted octanol–water partition coefficient (Wildman–Crippen LogP) is 1.11. The molecule has 0 saturated carbocycles. The van der Waals surface area contributed by atoms with Gasteiger partial charge in [0.05, 0.1) is 0 Å². The highest BCUT2D eigenvalue weighted by Crippen LogP contribution is 2.39. The molecule has 1 aliphatic rings. The van der Waals surface area contributed by atoms with Gasteiger partial charge in [0.1, 0.15) is 5.54 Å². The Morgan fingerprint density at radius 3 is 2.33 bits per heavy atom. The van der Waals surface area contributed by atoms with Crippen LogP contribution in [0.1, 0.15) is 27.2 Å². The van der Waals surface area contributed by atoms with Gasteiger partial charge in [0.15, 0.2) is 0 Å². The topological polar surface area (TPSA) is 66.4 Å². The molecule has 0 aromatic heterocycles. The molecule has 1 rings (SSSR count). The number of amides is 1. The first-order valence-electron chi connectivity index (χ1n) is 4.87. The van der Waals surface area contributed by atoms with Crippen molar-refractivity contribution >= 4 is 23.6 Å². The second-order valence-electron chi connectivity index (χ2n) is 4.90. The first kappa shape index (κ1) is 12.4. The molecule has 1 atom stereocenters. The van der Waals surface area contributed by atoms with E-state index in [-0.39, 0.29) is 11.3 Å². The van der Waals surface area contributed by atoms with Gasteiger partial charge >= 0.3 is 5.97 Å². The Morgan fingerprint density at radius 2 is 1.93 bits per heavy atom. The SMILES string of the molecule is CC(=O)NC1(C(=O)O)CSCC(C)(C)C1. The van der Waals surface area contributed by atoms with Crippen LogP contribution in [0.3, 0.4) is 0 Å². The van der Waals surface area contributed by atoms with Crippen molar-refractivity contribution in [3.63, 3.8) is 0 Å². The van der Waals surface area contributed by atoms with Crippen LogP contribution in [0.5, 0.6) is 0 Å². The van der Waals surface area contributed by atoms with Gasteiger partial charge in [-0.2, -0.15) is 11.8 Å². The largest absolute Gasteiger partial charge is 0.479 e. The van der Waals surface area contributed by atoms with Gasteiger partial charge < -0.3 is 10.4 Å². The summed E-state index contributed by atoms with van der Waals surface area (Å²) < 4.78 is 0. The molecule has 0 spiro atoms. The van der Waals surface area contributed by atoms with E-state index >= 15 is 0 Å². The van der Waals surface area contributed by atoms with E-state index in [0.29, 0.717) is 12.2 Å². The molecule has 1 fully saturated rings. The number of carboxylic acid groups (broad SMARTS) is 1. The Morgan fingerprint density at radius 1 is 1.33 bits per heavy atom. The molecule has 5 heteroatoms. The van der Waals surface area contributed by atoms with Crippen LogP contribution >= 0.6 is 11.8 Å². The standard InChI is InChI=1S/C10H17NO3S/c1-7(12)11-10(8(13)14)4-9(2,3)5-15-6-10/h4-6H2,1-3H3,(H,11,12)(H,13,14). The van der Waals surface area contributed by atoms with E-state index in [4.69, 9.17) is 0 Å². The van der Waals surface area contributed by atoms with Crippen molar-refractivity contribution in [1.82, 2.24) is 5.32 Å². The second-order valence-corrected chi connectivity index (χ2v) is 5.89. The Hall–Kier alpha value is -0.710. The Kier molecular flexibility index (Phi) is 3.33. The number of hydrogen-bond acceptors (Lipinski definition) is 3. The Bertz CT molecular complexity index is 290. The number of hydrogen-bond donors (Lipinski definition) is 2. The first-order valence-corrected chi connectivity index (χ1v) is 6.03. The Labute approximate surface area is 93.8 Å². The van der Waals surface area contributed by atoms with Crippen molar-refractivity contribution in [2.45, 2.75) is 32.7 Å². The molecule has 0 aromatic carbocycles. The molecular formula is C10H17NO3S. The van der Waals surface area contributed by atoms with Gasteiger partial charge in [0.2, 0.25) is 5.91 Å². The summed E-state index contributed by atoms with van der Waals surface area (Å²) in [5.41, 5.74) is -1.14. The molecule has 4 nitrogen and oxygen atoms in total. The lowest BCUT2D eigenvalue weighted by molar-refractivity contribution is -0.147. The summed E-state index contributed by atoms with van der Waals surface area (Å²) >= 11 is 1.58. The molecule has 1 aliphatic heterocycles. The maximum atomic E-state index is 11.3. The number of carboxylic acids is 1. The van der Waals surface area contributed by atoms with Crippen LogP contribution in [-0.2, 0) is 9.59 Å². The smallest absolute Gasteiger partial charge is 0.330 e.